The topological polar surface area (TPSA) is 71.9 Å². The molecule has 0 radical (unpaired) electrons. The van der Waals surface area contributed by atoms with Gasteiger partial charge in [-0.3, -0.25) is 9.88 Å². The van der Waals surface area contributed by atoms with E-state index >= 15 is 0 Å². The van der Waals surface area contributed by atoms with Crippen LogP contribution in [0.5, 0.6) is 0 Å². The van der Waals surface area contributed by atoms with Crippen LogP contribution in [0.2, 0.25) is 0 Å². The number of pyridine rings is 1. The highest BCUT2D eigenvalue weighted by Crippen LogP contribution is 2.31. The number of hydrogen-bond donors (Lipinski definition) is 1. The van der Waals surface area contributed by atoms with E-state index in [1.54, 1.807) is 0 Å². The van der Waals surface area contributed by atoms with Gasteiger partial charge >= 0.3 is 12.1 Å². The van der Waals surface area contributed by atoms with E-state index in [0.29, 0.717) is 6.04 Å². The summed E-state index contributed by atoms with van der Waals surface area (Å²) in [6.45, 7) is 5.62. The fraction of sp³-hybridized carbons (Fsp3) is 0.647. The van der Waals surface area contributed by atoms with Gasteiger partial charge in [0, 0.05) is 44.7 Å². The minimum absolute atomic E-state index is 0.229. The highest BCUT2D eigenvalue weighted by Gasteiger charge is 2.44. The van der Waals surface area contributed by atoms with Crippen LogP contribution in [0.1, 0.15) is 25.3 Å². The molecule has 0 unspecified atom stereocenters. The molecule has 0 bridgehead atoms. The van der Waals surface area contributed by atoms with Gasteiger partial charge in [-0.15, -0.1) is 0 Å². The van der Waals surface area contributed by atoms with Crippen molar-refractivity contribution in [3.05, 3.63) is 30.1 Å². The number of halogens is 3. The van der Waals surface area contributed by atoms with Crippen molar-refractivity contribution in [2.24, 2.45) is 0 Å². The Bertz CT molecular complexity index is 571. The lowest BCUT2D eigenvalue weighted by atomic mass is 10.0. The van der Waals surface area contributed by atoms with Gasteiger partial charge in [0.2, 0.25) is 0 Å². The minimum Gasteiger partial charge on any atom is -0.475 e. The second-order valence-electron chi connectivity index (χ2n) is 6.13. The number of aromatic nitrogens is 1. The lowest BCUT2D eigenvalue weighted by molar-refractivity contribution is -0.192. The third-order valence-corrected chi connectivity index (χ3v) is 4.32. The molecule has 0 aliphatic carbocycles. The number of carbonyl (C=O) groups is 1. The molecule has 3 heterocycles. The summed E-state index contributed by atoms with van der Waals surface area (Å²) in [4.78, 5) is 15.6. The van der Waals surface area contributed by atoms with Crippen LogP contribution in [0.25, 0.3) is 0 Å². The number of aliphatic carboxylic acids is 1. The summed E-state index contributed by atoms with van der Waals surface area (Å²) in [7, 11) is 0. The SMILES string of the molecule is CCO[C@H]1CN(Cc2cccnc2)[C@@H]2CCCO[C@H]12.O=C(O)C(F)(F)F. The fourth-order valence-corrected chi connectivity index (χ4v) is 3.27. The van der Waals surface area contributed by atoms with Crippen LogP contribution in [0, 0.1) is 0 Å². The number of rotatable bonds is 4. The number of ether oxygens (including phenoxy) is 2. The monoisotopic (exact) mass is 376 g/mol. The Balaban J connectivity index is 0.000000298. The average molecular weight is 376 g/mol. The number of carboxylic acids is 1. The zero-order valence-corrected chi connectivity index (χ0v) is 14.5. The molecule has 1 aromatic heterocycles. The third kappa shape index (κ3) is 5.65. The molecule has 146 valence electrons. The van der Waals surface area contributed by atoms with E-state index in [2.05, 4.69) is 22.9 Å². The number of likely N-dealkylation sites (tertiary alicyclic amines) is 1. The standard InChI is InChI=1S/C15H22N2O2.C2HF3O2/c1-2-18-14-11-17(10-12-5-3-7-16-9-12)13-6-4-8-19-15(13)14;3-2(4,5)1(6)7/h3,5,7,9,13-15H,2,4,6,8,10-11H2,1H3;(H,6,7)/t13-,14+,15+;/m1./s1. The van der Waals surface area contributed by atoms with Crippen LogP contribution >= 0.6 is 0 Å². The summed E-state index contributed by atoms with van der Waals surface area (Å²) in [5.41, 5.74) is 1.27. The maximum absolute atomic E-state index is 10.6. The zero-order valence-electron chi connectivity index (χ0n) is 14.5. The van der Waals surface area contributed by atoms with Crippen molar-refractivity contribution in [1.82, 2.24) is 9.88 Å². The molecule has 9 heteroatoms. The van der Waals surface area contributed by atoms with Crippen LogP contribution in [-0.2, 0) is 20.8 Å². The maximum atomic E-state index is 10.6. The van der Waals surface area contributed by atoms with Crippen molar-refractivity contribution < 1.29 is 32.5 Å². The molecule has 0 amide bonds. The van der Waals surface area contributed by atoms with Crippen molar-refractivity contribution in [2.45, 2.75) is 50.7 Å². The first-order valence-electron chi connectivity index (χ1n) is 8.49. The number of alkyl halides is 3. The Morgan fingerprint density at radius 1 is 1.50 bits per heavy atom. The zero-order chi connectivity index (χ0) is 19.2. The molecule has 26 heavy (non-hydrogen) atoms. The van der Waals surface area contributed by atoms with E-state index in [-0.39, 0.29) is 12.2 Å². The van der Waals surface area contributed by atoms with Crippen molar-refractivity contribution in [2.75, 3.05) is 19.8 Å². The average Bonchev–Trinajstić information content (AvgIpc) is 2.94. The smallest absolute Gasteiger partial charge is 0.475 e. The Labute approximate surface area is 149 Å². The van der Waals surface area contributed by atoms with E-state index < -0.39 is 12.1 Å². The largest absolute Gasteiger partial charge is 0.490 e. The molecule has 0 saturated carbocycles. The second kappa shape index (κ2) is 9.29. The summed E-state index contributed by atoms with van der Waals surface area (Å²) in [6, 6.07) is 4.64. The number of nitrogens with zero attached hydrogens (tertiary/aromatic N) is 2. The van der Waals surface area contributed by atoms with Crippen LogP contribution in [0.3, 0.4) is 0 Å². The van der Waals surface area contributed by atoms with E-state index in [1.165, 1.54) is 12.0 Å². The van der Waals surface area contributed by atoms with Gasteiger partial charge in [0.1, 0.15) is 6.10 Å². The Hall–Kier alpha value is -1.71. The maximum Gasteiger partial charge on any atom is 0.490 e. The van der Waals surface area contributed by atoms with Gasteiger partial charge in [-0.25, -0.2) is 4.79 Å². The second-order valence-corrected chi connectivity index (χ2v) is 6.13. The summed E-state index contributed by atoms with van der Waals surface area (Å²) >= 11 is 0. The molecule has 2 saturated heterocycles. The molecule has 2 aliphatic rings. The molecule has 2 aliphatic heterocycles. The summed E-state index contributed by atoms with van der Waals surface area (Å²) in [5, 5.41) is 7.12. The number of hydrogen-bond acceptors (Lipinski definition) is 5. The lowest BCUT2D eigenvalue weighted by Crippen LogP contribution is -2.41. The fourth-order valence-electron chi connectivity index (χ4n) is 3.27. The molecule has 2 fully saturated rings. The van der Waals surface area contributed by atoms with E-state index in [9.17, 15) is 13.2 Å². The molecule has 0 aromatic carbocycles. The predicted octanol–water partition coefficient (Wildman–Crippen LogP) is 2.48. The van der Waals surface area contributed by atoms with E-state index in [0.717, 1.165) is 32.7 Å². The molecular formula is C17H23F3N2O4. The summed E-state index contributed by atoms with van der Waals surface area (Å²) in [5.74, 6) is -2.76. The van der Waals surface area contributed by atoms with Crippen LogP contribution in [0.4, 0.5) is 13.2 Å². The summed E-state index contributed by atoms with van der Waals surface area (Å²) in [6.07, 6.45) is 1.55. The van der Waals surface area contributed by atoms with Gasteiger partial charge in [0.05, 0.1) is 6.10 Å². The lowest BCUT2D eigenvalue weighted by Gasteiger charge is -2.32. The normalized spacial score (nSPS) is 25.9. The molecule has 6 nitrogen and oxygen atoms in total. The van der Waals surface area contributed by atoms with Gasteiger partial charge in [0.15, 0.2) is 0 Å². The highest BCUT2D eigenvalue weighted by atomic mass is 19.4. The van der Waals surface area contributed by atoms with Gasteiger partial charge in [-0.1, -0.05) is 6.07 Å². The third-order valence-electron chi connectivity index (χ3n) is 4.32. The summed E-state index contributed by atoms with van der Waals surface area (Å²) < 4.78 is 43.5. The van der Waals surface area contributed by atoms with Gasteiger partial charge in [-0.2, -0.15) is 13.2 Å². The van der Waals surface area contributed by atoms with Gasteiger partial charge < -0.3 is 14.6 Å². The van der Waals surface area contributed by atoms with Crippen LogP contribution in [0.15, 0.2) is 24.5 Å². The first-order chi connectivity index (χ1) is 12.3. The number of carboxylic acid groups (broad SMARTS) is 1. The van der Waals surface area contributed by atoms with Gasteiger partial charge in [0.25, 0.3) is 0 Å². The molecule has 3 rings (SSSR count). The molecule has 3 atom stereocenters. The Morgan fingerprint density at radius 2 is 2.23 bits per heavy atom. The quantitative estimate of drug-likeness (QED) is 0.871. The Kier molecular flexibility index (Phi) is 7.36. The highest BCUT2D eigenvalue weighted by molar-refractivity contribution is 5.73. The molecule has 1 N–H and O–H groups in total. The van der Waals surface area contributed by atoms with E-state index in [4.69, 9.17) is 19.4 Å². The van der Waals surface area contributed by atoms with Crippen molar-refractivity contribution in [1.29, 1.82) is 0 Å². The van der Waals surface area contributed by atoms with Crippen LogP contribution < -0.4 is 0 Å². The van der Waals surface area contributed by atoms with Crippen molar-refractivity contribution >= 4 is 5.97 Å². The Morgan fingerprint density at radius 3 is 2.81 bits per heavy atom. The first-order valence-corrected chi connectivity index (χ1v) is 8.49. The van der Waals surface area contributed by atoms with Gasteiger partial charge in [-0.05, 0) is 31.4 Å². The first kappa shape index (κ1) is 20.6. The van der Waals surface area contributed by atoms with E-state index in [1.807, 2.05) is 18.5 Å². The molecular weight excluding hydrogens is 353 g/mol. The minimum atomic E-state index is -5.08. The molecule has 0 spiro atoms. The van der Waals surface area contributed by atoms with Crippen molar-refractivity contribution in [3.8, 4) is 0 Å². The predicted molar refractivity (Wildman–Crippen MR) is 86.5 cm³/mol. The van der Waals surface area contributed by atoms with Crippen molar-refractivity contribution in [3.63, 3.8) is 0 Å². The number of fused-ring (bicyclic) bond motifs is 1. The van der Waals surface area contributed by atoms with Crippen LogP contribution in [-0.4, -0.2) is 65.1 Å². The molecule has 1 aromatic rings.